The molecule has 0 saturated heterocycles. The molecule has 3 saturated carbocycles. The summed E-state index contributed by atoms with van der Waals surface area (Å²) in [7, 11) is 0. The molecule has 9 nitrogen and oxygen atoms in total. The van der Waals surface area contributed by atoms with E-state index in [0.717, 1.165) is 51.4 Å². The van der Waals surface area contributed by atoms with Crippen molar-refractivity contribution in [2.45, 2.75) is 77.0 Å². The monoisotopic (exact) mass is 459 g/mol. The first kappa shape index (κ1) is 27.9. The average Bonchev–Trinajstić information content (AvgIpc) is 2.84. The molecular formula is C24H33N3O6. The van der Waals surface area contributed by atoms with Crippen LogP contribution in [-0.2, 0) is 14.4 Å². The van der Waals surface area contributed by atoms with Gasteiger partial charge in [0.1, 0.15) is 0 Å². The first-order valence-electron chi connectivity index (χ1n) is 11.6. The Morgan fingerprint density at radius 1 is 0.576 bits per heavy atom. The van der Waals surface area contributed by atoms with E-state index >= 15 is 0 Å². The molecule has 0 spiro atoms. The van der Waals surface area contributed by atoms with Crippen LogP contribution in [0.3, 0.4) is 0 Å². The number of nitriles is 3. The van der Waals surface area contributed by atoms with Crippen molar-refractivity contribution in [2.24, 2.45) is 35.5 Å². The Kier molecular flexibility index (Phi) is 12.6. The van der Waals surface area contributed by atoms with Gasteiger partial charge in [0, 0.05) is 11.8 Å². The average molecular weight is 460 g/mol. The predicted molar refractivity (Wildman–Crippen MR) is 116 cm³/mol. The van der Waals surface area contributed by atoms with Gasteiger partial charge in [0.2, 0.25) is 0 Å². The van der Waals surface area contributed by atoms with E-state index in [4.69, 9.17) is 31.1 Å². The Balaban J connectivity index is 0.000000247. The molecule has 4 unspecified atom stereocenters. The lowest BCUT2D eigenvalue weighted by molar-refractivity contribution is -0.144. The molecule has 4 atom stereocenters. The van der Waals surface area contributed by atoms with Crippen LogP contribution in [0.4, 0.5) is 0 Å². The van der Waals surface area contributed by atoms with Crippen LogP contribution in [0.15, 0.2) is 0 Å². The minimum atomic E-state index is -0.809. The van der Waals surface area contributed by atoms with E-state index in [-0.39, 0.29) is 29.6 Å². The number of rotatable bonds is 3. The number of hydrogen-bond acceptors (Lipinski definition) is 6. The van der Waals surface area contributed by atoms with E-state index in [1.54, 1.807) is 0 Å². The Morgan fingerprint density at radius 3 is 1.61 bits per heavy atom. The molecule has 3 fully saturated rings. The number of nitrogens with zero attached hydrogens (tertiary/aromatic N) is 3. The van der Waals surface area contributed by atoms with Crippen LogP contribution < -0.4 is 0 Å². The first-order chi connectivity index (χ1) is 15.7. The fraction of sp³-hybridized carbons (Fsp3) is 0.750. The molecule has 3 rings (SSSR count). The second-order valence-electron chi connectivity index (χ2n) is 9.01. The lowest BCUT2D eigenvalue weighted by Gasteiger charge is -2.22. The molecule has 0 aromatic rings. The van der Waals surface area contributed by atoms with Crippen LogP contribution in [0, 0.1) is 69.5 Å². The van der Waals surface area contributed by atoms with Crippen LogP contribution in [0.1, 0.15) is 77.0 Å². The normalized spacial score (nSPS) is 30.8. The van der Waals surface area contributed by atoms with Crippen molar-refractivity contribution in [2.75, 3.05) is 0 Å². The zero-order valence-corrected chi connectivity index (χ0v) is 18.9. The van der Waals surface area contributed by atoms with E-state index < -0.39 is 23.8 Å². The molecule has 3 aliphatic carbocycles. The summed E-state index contributed by atoms with van der Waals surface area (Å²) < 4.78 is 0. The second kappa shape index (κ2) is 14.9. The Labute approximate surface area is 194 Å². The Bertz CT molecular complexity index is 785. The lowest BCUT2D eigenvalue weighted by atomic mass is 9.80. The van der Waals surface area contributed by atoms with E-state index in [2.05, 4.69) is 18.2 Å². The number of aliphatic carboxylic acids is 3. The molecule has 33 heavy (non-hydrogen) atoms. The van der Waals surface area contributed by atoms with E-state index in [9.17, 15) is 14.4 Å². The minimum absolute atomic E-state index is 0.0233. The highest BCUT2D eigenvalue weighted by Crippen LogP contribution is 2.30. The topological polar surface area (TPSA) is 183 Å². The summed E-state index contributed by atoms with van der Waals surface area (Å²) in [5.74, 6) is -3.30. The highest BCUT2D eigenvalue weighted by molar-refractivity contribution is 5.71. The van der Waals surface area contributed by atoms with Gasteiger partial charge in [-0.1, -0.05) is 19.3 Å². The molecule has 180 valence electrons. The second-order valence-corrected chi connectivity index (χ2v) is 9.01. The molecule has 0 aromatic heterocycles. The van der Waals surface area contributed by atoms with Crippen molar-refractivity contribution in [3.8, 4) is 18.2 Å². The smallest absolute Gasteiger partial charge is 0.307 e. The molecule has 0 aliphatic heterocycles. The third kappa shape index (κ3) is 9.91. The van der Waals surface area contributed by atoms with Crippen molar-refractivity contribution in [3.63, 3.8) is 0 Å². The van der Waals surface area contributed by atoms with Crippen LogP contribution >= 0.6 is 0 Å². The first-order valence-corrected chi connectivity index (χ1v) is 11.6. The van der Waals surface area contributed by atoms with E-state index in [0.29, 0.717) is 25.7 Å². The number of hydrogen-bond donors (Lipinski definition) is 3. The van der Waals surface area contributed by atoms with Gasteiger partial charge in [0.25, 0.3) is 0 Å². The Hall–Kier alpha value is -3.12. The summed E-state index contributed by atoms with van der Waals surface area (Å²) >= 11 is 0. The number of carbonyl (C=O) groups is 3. The van der Waals surface area contributed by atoms with Crippen molar-refractivity contribution in [1.29, 1.82) is 15.8 Å². The highest BCUT2D eigenvalue weighted by atomic mass is 16.4. The molecule has 3 aliphatic rings. The van der Waals surface area contributed by atoms with Gasteiger partial charge in [-0.3, -0.25) is 14.4 Å². The summed E-state index contributed by atoms with van der Waals surface area (Å²) in [6.07, 6.45) is 9.30. The third-order valence-electron chi connectivity index (χ3n) is 6.71. The fourth-order valence-corrected chi connectivity index (χ4v) is 4.58. The largest absolute Gasteiger partial charge is 0.481 e. The van der Waals surface area contributed by atoms with Gasteiger partial charge in [-0.2, -0.15) is 15.8 Å². The molecule has 0 aromatic carbocycles. The van der Waals surface area contributed by atoms with Crippen LogP contribution in [0.25, 0.3) is 0 Å². The molecule has 0 radical (unpaired) electrons. The maximum Gasteiger partial charge on any atom is 0.307 e. The standard InChI is InChI=1S/3C8H11NO2/c9-5-6-1-3-7(4-2-6)8(10)11;9-5-6-2-1-3-7(4-6)8(10)11;9-5-6-3-1-2-4-7(6)8(10)11/h3*6-7H,1-4H2,(H,10,11). The van der Waals surface area contributed by atoms with E-state index in [1.165, 1.54) is 0 Å². The highest BCUT2D eigenvalue weighted by Gasteiger charge is 2.30. The van der Waals surface area contributed by atoms with Gasteiger partial charge in [-0.15, -0.1) is 0 Å². The summed E-state index contributed by atoms with van der Waals surface area (Å²) in [6, 6.07) is 6.35. The van der Waals surface area contributed by atoms with Crippen molar-refractivity contribution < 1.29 is 29.7 Å². The molecule has 0 heterocycles. The quantitative estimate of drug-likeness (QED) is 0.556. The van der Waals surface area contributed by atoms with Crippen LogP contribution in [0.2, 0.25) is 0 Å². The predicted octanol–water partition coefficient (Wildman–Crippen LogP) is 4.20. The third-order valence-corrected chi connectivity index (χ3v) is 6.71. The van der Waals surface area contributed by atoms with Gasteiger partial charge in [-0.25, -0.2) is 0 Å². The van der Waals surface area contributed by atoms with Crippen LogP contribution in [0.5, 0.6) is 0 Å². The Morgan fingerprint density at radius 2 is 1.15 bits per heavy atom. The summed E-state index contributed by atoms with van der Waals surface area (Å²) in [6.45, 7) is 0. The molecule has 0 amide bonds. The number of carboxylic acid groups (broad SMARTS) is 3. The molecule has 3 N–H and O–H groups in total. The van der Waals surface area contributed by atoms with Crippen LogP contribution in [-0.4, -0.2) is 33.2 Å². The van der Waals surface area contributed by atoms with Crippen molar-refractivity contribution in [1.82, 2.24) is 0 Å². The molecule has 9 heteroatoms. The summed E-state index contributed by atoms with van der Waals surface area (Å²) in [5.41, 5.74) is 0. The van der Waals surface area contributed by atoms with Crippen molar-refractivity contribution >= 4 is 17.9 Å². The van der Waals surface area contributed by atoms with E-state index in [1.807, 2.05) is 0 Å². The number of carboxylic acids is 3. The summed E-state index contributed by atoms with van der Waals surface area (Å²) in [4.78, 5) is 31.5. The maximum absolute atomic E-state index is 10.6. The SMILES string of the molecule is N#CC1CCC(C(=O)O)CC1.N#CC1CCCC(C(=O)O)C1.N#CC1CCCCC1C(=O)O. The molecule has 0 bridgehead atoms. The minimum Gasteiger partial charge on any atom is -0.481 e. The fourth-order valence-electron chi connectivity index (χ4n) is 4.58. The molecular weight excluding hydrogens is 426 g/mol. The van der Waals surface area contributed by atoms with Crippen molar-refractivity contribution in [3.05, 3.63) is 0 Å². The van der Waals surface area contributed by atoms with Gasteiger partial charge in [0.15, 0.2) is 0 Å². The van der Waals surface area contributed by atoms with Gasteiger partial charge >= 0.3 is 17.9 Å². The zero-order chi connectivity index (χ0) is 24.8. The summed E-state index contributed by atoms with van der Waals surface area (Å²) in [5, 5.41) is 51.6. The maximum atomic E-state index is 10.6. The van der Waals surface area contributed by atoms with Gasteiger partial charge < -0.3 is 15.3 Å². The van der Waals surface area contributed by atoms with Gasteiger partial charge in [-0.05, 0) is 57.8 Å². The zero-order valence-electron chi connectivity index (χ0n) is 18.9. The van der Waals surface area contributed by atoms with Gasteiger partial charge in [0.05, 0.1) is 41.9 Å². The lowest BCUT2D eigenvalue weighted by Crippen LogP contribution is -2.25.